The van der Waals surface area contributed by atoms with Crippen LogP contribution in [0.2, 0.25) is 0 Å². The molecule has 4 nitrogen and oxygen atoms in total. The van der Waals surface area contributed by atoms with E-state index in [-0.39, 0.29) is 5.56 Å². The third kappa shape index (κ3) is 2.13. The second kappa shape index (κ2) is 4.51. The average Bonchev–Trinajstić information content (AvgIpc) is 2.82. The Morgan fingerprint density at radius 2 is 2.11 bits per heavy atom. The van der Waals surface area contributed by atoms with Gasteiger partial charge in [-0.1, -0.05) is 28.1 Å². The predicted molar refractivity (Wildman–Crippen MR) is 75.3 cm³/mol. The number of carbonyl (C=O) groups is 1. The molecule has 1 N–H and O–H groups in total. The lowest BCUT2D eigenvalue weighted by Crippen LogP contribution is -1.99. The van der Waals surface area contributed by atoms with Gasteiger partial charge < -0.3 is 9.51 Å². The molecule has 0 atom stereocenters. The number of hydrogen-bond acceptors (Lipinski definition) is 2. The molecule has 5 heteroatoms. The van der Waals surface area contributed by atoms with Gasteiger partial charge in [-0.05, 0) is 24.3 Å². The van der Waals surface area contributed by atoms with E-state index in [4.69, 9.17) is 5.11 Å². The molecule has 0 spiro atoms. The van der Waals surface area contributed by atoms with Gasteiger partial charge in [0, 0.05) is 22.4 Å². The summed E-state index contributed by atoms with van der Waals surface area (Å²) in [5.41, 5.74) is 2.33. The number of halogens is 1. The number of nitrogens with zero attached hydrogens (tertiary/aromatic N) is 2. The number of pyridine rings is 1. The zero-order valence-electron chi connectivity index (χ0n) is 9.75. The molecular formula is C14H9BrN2O2. The van der Waals surface area contributed by atoms with Crippen LogP contribution in [0.5, 0.6) is 0 Å². The zero-order chi connectivity index (χ0) is 13.4. The number of aromatic nitrogens is 2. The smallest absolute Gasteiger partial charge is 0.339 e. The molecule has 0 fully saturated rings. The summed E-state index contributed by atoms with van der Waals surface area (Å²) in [6, 6.07) is 11.0. The standard InChI is InChI=1S/C14H9BrN2O2/c15-10-4-1-3-9(7-10)12-8-17-6-2-5-11(14(18)19)13(17)16-12/h1-8H,(H,18,19). The van der Waals surface area contributed by atoms with Crippen LogP contribution in [0.3, 0.4) is 0 Å². The molecular weight excluding hydrogens is 308 g/mol. The van der Waals surface area contributed by atoms with Crippen molar-refractivity contribution in [1.29, 1.82) is 0 Å². The lowest BCUT2D eigenvalue weighted by Gasteiger charge is -1.96. The maximum Gasteiger partial charge on any atom is 0.339 e. The van der Waals surface area contributed by atoms with Crippen molar-refractivity contribution in [3.05, 3.63) is 58.8 Å². The average molecular weight is 317 g/mol. The highest BCUT2D eigenvalue weighted by molar-refractivity contribution is 9.10. The maximum atomic E-state index is 11.2. The van der Waals surface area contributed by atoms with Gasteiger partial charge in [0.05, 0.1) is 5.69 Å². The molecule has 0 radical (unpaired) electrons. The fourth-order valence-corrected chi connectivity index (χ4v) is 2.37. The van der Waals surface area contributed by atoms with Crippen LogP contribution in [0.1, 0.15) is 10.4 Å². The van der Waals surface area contributed by atoms with Gasteiger partial charge in [0.25, 0.3) is 0 Å². The molecule has 1 aromatic carbocycles. The van der Waals surface area contributed by atoms with E-state index in [0.717, 1.165) is 15.7 Å². The van der Waals surface area contributed by atoms with Crippen LogP contribution >= 0.6 is 15.9 Å². The first kappa shape index (κ1) is 11.9. The number of hydrogen-bond donors (Lipinski definition) is 1. The van der Waals surface area contributed by atoms with Crippen molar-refractivity contribution in [2.45, 2.75) is 0 Å². The monoisotopic (exact) mass is 316 g/mol. The Kier molecular flexibility index (Phi) is 2.83. The van der Waals surface area contributed by atoms with E-state index in [1.165, 1.54) is 0 Å². The third-order valence-corrected chi connectivity index (χ3v) is 3.33. The first-order valence-electron chi connectivity index (χ1n) is 5.62. The van der Waals surface area contributed by atoms with Crippen LogP contribution in [-0.2, 0) is 0 Å². The highest BCUT2D eigenvalue weighted by atomic mass is 79.9. The van der Waals surface area contributed by atoms with Crippen molar-refractivity contribution in [3.8, 4) is 11.3 Å². The number of rotatable bonds is 2. The molecule has 19 heavy (non-hydrogen) atoms. The summed E-state index contributed by atoms with van der Waals surface area (Å²) in [5.74, 6) is -0.975. The normalized spacial score (nSPS) is 10.8. The molecule has 2 aromatic heterocycles. The molecule has 0 bridgehead atoms. The summed E-state index contributed by atoms with van der Waals surface area (Å²) >= 11 is 3.41. The molecule has 2 heterocycles. The Morgan fingerprint density at radius 1 is 1.26 bits per heavy atom. The van der Waals surface area contributed by atoms with E-state index in [1.807, 2.05) is 30.5 Å². The van der Waals surface area contributed by atoms with Gasteiger partial charge in [0.1, 0.15) is 5.56 Å². The van der Waals surface area contributed by atoms with E-state index in [1.54, 1.807) is 22.7 Å². The second-order valence-corrected chi connectivity index (χ2v) is 5.01. The second-order valence-electron chi connectivity index (χ2n) is 4.09. The molecule has 3 aromatic rings. The van der Waals surface area contributed by atoms with Crippen LogP contribution in [-0.4, -0.2) is 20.5 Å². The van der Waals surface area contributed by atoms with Gasteiger partial charge >= 0.3 is 5.97 Å². The Morgan fingerprint density at radius 3 is 2.84 bits per heavy atom. The Bertz CT molecular complexity index is 780. The van der Waals surface area contributed by atoms with E-state index >= 15 is 0 Å². The fraction of sp³-hybridized carbons (Fsp3) is 0. The minimum atomic E-state index is -0.975. The van der Waals surface area contributed by atoms with E-state index in [2.05, 4.69) is 20.9 Å². The van der Waals surface area contributed by atoms with Gasteiger partial charge in [-0.2, -0.15) is 0 Å². The number of fused-ring (bicyclic) bond motifs is 1. The van der Waals surface area contributed by atoms with Gasteiger partial charge in [-0.15, -0.1) is 0 Å². The number of carboxylic acids is 1. The van der Waals surface area contributed by atoms with E-state index in [0.29, 0.717) is 5.65 Å². The summed E-state index contributed by atoms with van der Waals surface area (Å²) in [6.45, 7) is 0. The molecule has 0 saturated carbocycles. The van der Waals surface area contributed by atoms with Crippen molar-refractivity contribution in [2.75, 3.05) is 0 Å². The summed E-state index contributed by atoms with van der Waals surface area (Å²) < 4.78 is 2.68. The van der Waals surface area contributed by atoms with Gasteiger partial charge in [0.15, 0.2) is 5.65 Å². The van der Waals surface area contributed by atoms with Crippen molar-refractivity contribution in [3.63, 3.8) is 0 Å². The van der Waals surface area contributed by atoms with Crippen LogP contribution in [0.4, 0.5) is 0 Å². The van der Waals surface area contributed by atoms with Crippen molar-refractivity contribution in [2.24, 2.45) is 0 Å². The lowest BCUT2D eigenvalue weighted by molar-refractivity contribution is 0.0698. The molecule has 0 aliphatic carbocycles. The fourth-order valence-electron chi connectivity index (χ4n) is 1.97. The largest absolute Gasteiger partial charge is 0.478 e. The predicted octanol–water partition coefficient (Wildman–Crippen LogP) is 3.46. The van der Waals surface area contributed by atoms with Gasteiger partial charge in [-0.3, -0.25) is 0 Å². The molecule has 0 aliphatic rings. The number of imidazole rings is 1. The van der Waals surface area contributed by atoms with Crippen LogP contribution in [0.15, 0.2) is 53.3 Å². The highest BCUT2D eigenvalue weighted by Crippen LogP contribution is 2.23. The van der Waals surface area contributed by atoms with Crippen LogP contribution in [0, 0.1) is 0 Å². The minimum Gasteiger partial charge on any atom is -0.478 e. The van der Waals surface area contributed by atoms with Gasteiger partial charge in [-0.25, -0.2) is 9.78 Å². The van der Waals surface area contributed by atoms with Gasteiger partial charge in [0.2, 0.25) is 0 Å². The zero-order valence-corrected chi connectivity index (χ0v) is 11.3. The molecule has 0 saturated heterocycles. The van der Waals surface area contributed by atoms with E-state index in [9.17, 15) is 4.79 Å². The van der Waals surface area contributed by atoms with Crippen LogP contribution < -0.4 is 0 Å². The van der Waals surface area contributed by atoms with Crippen molar-refractivity contribution < 1.29 is 9.90 Å². The Labute approximate surface area is 117 Å². The molecule has 0 unspecified atom stereocenters. The third-order valence-electron chi connectivity index (χ3n) is 2.83. The lowest BCUT2D eigenvalue weighted by atomic mass is 10.2. The first-order valence-corrected chi connectivity index (χ1v) is 6.41. The summed E-state index contributed by atoms with van der Waals surface area (Å²) in [5, 5.41) is 9.15. The van der Waals surface area contributed by atoms with Crippen LogP contribution in [0.25, 0.3) is 16.9 Å². The Balaban J connectivity index is 2.22. The summed E-state index contributed by atoms with van der Waals surface area (Å²) in [7, 11) is 0. The molecule has 0 aliphatic heterocycles. The summed E-state index contributed by atoms with van der Waals surface area (Å²) in [6.07, 6.45) is 3.61. The summed E-state index contributed by atoms with van der Waals surface area (Å²) in [4.78, 5) is 15.6. The maximum absolute atomic E-state index is 11.2. The quantitative estimate of drug-likeness (QED) is 0.787. The SMILES string of the molecule is O=C(O)c1cccn2cc(-c3cccc(Br)c3)nc12. The number of aromatic carboxylic acids is 1. The molecule has 0 amide bonds. The topological polar surface area (TPSA) is 54.6 Å². The van der Waals surface area contributed by atoms with Crippen molar-refractivity contribution >= 4 is 27.5 Å². The Hall–Kier alpha value is -2.14. The number of carboxylic acid groups (broad SMARTS) is 1. The van der Waals surface area contributed by atoms with Crippen molar-refractivity contribution in [1.82, 2.24) is 9.38 Å². The highest BCUT2D eigenvalue weighted by Gasteiger charge is 2.12. The minimum absolute atomic E-state index is 0.198. The first-order chi connectivity index (χ1) is 9.15. The number of benzene rings is 1. The molecule has 94 valence electrons. The van der Waals surface area contributed by atoms with E-state index < -0.39 is 5.97 Å². The molecule has 3 rings (SSSR count).